The van der Waals surface area contributed by atoms with Gasteiger partial charge in [-0.05, 0) is 115 Å². The lowest BCUT2D eigenvalue weighted by Gasteiger charge is -2.39. The van der Waals surface area contributed by atoms with Crippen LogP contribution in [0.3, 0.4) is 0 Å². The first kappa shape index (κ1) is 50.1. The van der Waals surface area contributed by atoms with E-state index in [9.17, 15) is 19.5 Å². The van der Waals surface area contributed by atoms with Crippen molar-refractivity contribution >= 4 is 36.9 Å². The molecule has 1 aliphatic heterocycles. The first-order chi connectivity index (χ1) is 33.2. The molecule has 13 heteroatoms. The molecule has 0 spiro atoms. The number of H-pyrrole nitrogens is 1. The molecule has 2 saturated carbocycles. The summed E-state index contributed by atoms with van der Waals surface area (Å²) < 4.78 is 18.9. The zero-order valence-electron chi connectivity index (χ0n) is 41.3. The van der Waals surface area contributed by atoms with Crippen molar-refractivity contribution in [3.05, 3.63) is 130 Å². The molecule has 1 aromatic heterocycles. The maximum atomic E-state index is 13.5. The Bertz CT molecular complexity index is 2540. The minimum absolute atomic E-state index is 0.0205. The summed E-state index contributed by atoms with van der Waals surface area (Å²) in [5.41, 5.74) is 6.39. The number of anilines is 1. The van der Waals surface area contributed by atoms with E-state index in [2.05, 4.69) is 78.6 Å². The van der Waals surface area contributed by atoms with Crippen LogP contribution in [0, 0.1) is 17.8 Å². The van der Waals surface area contributed by atoms with Crippen LogP contribution in [0.25, 0.3) is 22.0 Å². The average molecular weight is 956 g/mol. The molecule has 2 heterocycles. The van der Waals surface area contributed by atoms with E-state index in [0.717, 1.165) is 92.5 Å². The standard InChI is InChI=1S/C56H73N5O7Si/c1-56(2,3)69(4,5)68-51(47-21-23-50(62)54-48(47)22-24-52(63)59-54)35-57-28-30-61(36-41-19-20-41)53(64)27-32-66-31-26-40-17-15-39(16-18-40)25-29-60-37-43-33-45(34-44(43)38-60)67-55(65)58-49-14-10-9-13-46(49)42-11-7-6-8-12-42/h6-18,21-24,41,43-45,51,57,62H,19-20,25-38H2,1-5H3,(H,58,65)(H,59,63)/t43?,44?,45?,51-/m0/s1. The average Bonchev–Trinajstić information content (AvgIpc) is 3.96. The molecular formula is C56H73N5O7Si. The van der Waals surface area contributed by atoms with Gasteiger partial charge in [-0.3, -0.25) is 14.9 Å². The van der Waals surface area contributed by atoms with Gasteiger partial charge in [0.2, 0.25) is 11.5 Å². The van der Waals surface area contributed by atoms with Crippen LogP contribution in [0.15, 0.2) is 108 Å². The first-order valence-electron chi connectivity index (χ1n) is 25.2. The van der Waals surface area contributed by atoms with Crippen LogP contribution in [0.1, 0.15) is 75.7 Å². The van der Waals surface area contributed by atoms with Crippen molar-refractivity contribution in [2.75, 3.05) is 64.3 Å². The number of hydrogen-bond acceptors (Lipinski definition) is 9. The molecule has 368 valence electrons. The summed E-state index contributed by atoms with van der Waals surface area (Å²) in [4.78, 5) is 46.0. The number of aromatic hydroxyl groups is 1. The highest BCUT2D eigenvalue weighted by atomic mass is 28.4. The zero-order chi connectivity index (χ0) is 48.5. The highest BCUT2D eigenvalue weighted by molar-refractivity contribution is 6.74. The molecule has 3 atom stereocenters. The molecule has 0 radical (unpaired) electrons. The second-order valence-electron chi connectivity index (χ2n) is 21.1. The Labute approximate surface area is 409 Å². The molecule has 8 rings (SSSR count). The van der Waals surface area contributed by atoms with E-state index in [4.69, 9.17) is 13.9 Å². The van der Waals surface area contributed by atoms with Gasteiger partial charge < -0.3 is 39.1 Å². The van der Waals surface area contributed by atoms with Crippen LogP contribution in [0.4, 0.5) is 10.5 Å². The Morgan fingerprint density at radius 1 is 0.870 bits per heavy atom. The second kappa shape index (κ2) is 22.6. The summed E-state index contributed by atoms with van der Waals surface area (Å²) in [5, 5.41) is 17.9. The minimum atomic E-state index is -2.22. The molecule has 69 heavy (non-hydrogen) atoms. The fourth-order valence-corrected chi connectivity index (χ4v) is 11.1. The van der Waals surface area contributed by atoms with Gasteiger partial charge in [0.15, 0.2) is 8.32 Å². The van der Waals surface area contributed by atoms with Crippen LogP contribution in [0.5, 0.6) is 5.75 Å². The summed E-state index contributed by atoms with van der Waals surface area (Å²) in [5.74, 6) is 1.83. The van der Waals surface area contributed by atoms with E-state index in [1.807, 2.05) is 65.6 Å². The Balaban J connectivity index is 0.725. The van der Waals surface area contributed by atoms with Gasteiger partial charge in [-0.1, -0.05) is 99.6 Å². The number of aromatic amines is 1. The van der Waals surface area contributed by atoms with E-state index in [1.165, 1.54) is 17.2 Å². The maximum absolute atomic E-state index is 13.5. The normalized spacial score (nSPS) is 18.8. The number of nitrogens with one attached hydrogen (secondary N) is 3. The van der Waals surface area contributed by atoms with Crippen LogP contribution < -0.4 is 16.2 Å². The predicted molar refractivity (Wildman–Crippen MR) is 277 cm³/mol. The molecule has 1 saturated heterocycles. The number of aromatic nitrogens is 1. The van der Waals surface area contributed by atoms with Crippen molar-refractivity contribution in [3.63, 3.8) is 0 Å². The molecule has 2 aliphatic carbocycles. The van der Waals surface area contributed by atoms with Gasteiger partial charge in [-0.15, -0.1) is 0 Å². The Morgan fingerprint density at radius 3 is 2.28 bits per heavy atom. The second-order valence-corrected chi connectivity index (χ2v) is 25.9. The number of carbonyl (C=O) groups excluding carboxylic acids is 2. The highest BCUT2D eigenvalue weighted by Gasteiger charge is 2.42. The number of phenolic OH excluding ortho intramolecular Hbond substituents is 1. The van der Waals surface area contributed by atoms with E-state index >= 15 is 0 Å². The van der Waals surface area contributed by atoms with Crippen LogP contribution >= 0.6 is 0 Å². The fourth-order valence-electron chi connectivity index (χ4n) is 9.81. The van der Waals surface area contributed by atoms with Crippen molar-refractivity contribution in [3.8, 4) is 16.9 Å². The number of ether oxygens (including phenoxy) is 2. The number of carbonyl (C=O) groups is 2. The summed E-state index contributed by atoms with van der Waals surface area (Å²) in [7, 11) is -2.22. The Hall–Kier alpha value is -5.31. The third kappa shape index (κ3) is 13.5. The summed E-state index contributed by atoms with van der Waals surface area (Å²) in [6.45, 7) is 17.7. The van der Waals surface area contributed by atoms with Gasteiger partial charge in [-0.25, -0.2) is 4.79 Å². The fraction of sp³-hybridized carbons (Fsp3) is 0.482. The summed E-state index contributed by atoms with van der Waals surface area (Å²) in [6, 6.07) is 33.5. The lowest BCUT2D eigenvalue weighted by molar-refractivity contribution is -0.132. The number of rotatable bonds is 22. The van der Waals surface area contributed by atoms with Crippen molar-refractivity contribution in [1.29, 1.82) is 0 Å². The number of likely N-dealkylation sites (tertiary alicyclic amines) is 1. The number of pyridine rings is 1. The van der Waals surface area contributed by atoms with Crippen LogP contribution in [-0.2, 0) is 31.5 Å². The number of phenols is 1. The smallest absolute Gasteiger partial charge is 0.411 e. The maximum Gasteiger partial charge on any atom is 0.411 e. The predicted octanol–water partition coefficient (Wildman–Crippen LogP) is 9.94. The Kier molecular flexibility index (Phi) is 16.4. The topological polar surface area (TPSA) is 145 Å². The van der Waals surface area contributed by atoms with Crippen molar-refractivity contribution in [2.45, 2.75) is 96.1 Å². The number of hydrogen-bond donors (Lipinski definition) is 4. The highest BCUT2D eigenvalue weighted by Crippen LogP contribution is 2.42. The van der Waals surface area contributed by atoms with E-state index in [0.29, 0.717) is 62.5 Å². The summed E-state index contributed by atoms with van der Waals surface area (Å²) in [6.07, 6.45) is 5.56. The molecule has 3 fully saturated rings. The Morgan fingerprint density at radius 2 is 1.57 bits per heavy atom. The first-order valence-corrected chi connectivity index (χ1v) is 28.1. The minimum Gasteiger partial charge on any atom is -0.506 e. The molecule has 4 N–H and O–H groups in total. The SMILES string of the molecule is CC(C)(C)[Si](C)(C)O[C@@H](CNCCN(CC1CC1)C(=O)CCOCCc1ccc(CCN2CC3CC(OC(=O)Nc4ccccc4-c4ccccc4)CC3C2)cc1)c1ccc(O)c2[nH]c(=O)ccc12. The lowest BCUT2D eigenvalue weighted by atomic mass is 10.0. The largest absolute Gasteiger partial charge is 0.506 e. The summed E-state index contributed by atoms with van der Waals surface area (Å²) >= 11 is 0. The molecule has 2 amide bonds. The van der Waals surface area contributed by atoms with Crippen molar-refractivity contribution < 1.29 is 28.6 Å². The molecule has 0 bridgehead atoms. The van der Waals surface area contributed by atoms with Gasteiger partial charge >= 0.3 is 6.09 Å². The van der Waals surface area contributed by atoms with Gasteiger partial charge in [0, 0.05) is 62.8 Å². The molecule has 2 unspecified atom stereocenters. The van der Waals surface area contributed by atoms with Crippen molar-refractivity contribution in [2.24, 2.45) is 17.8 Å². The number of amides is 2. The molecule has 12 nitrogen and oxygen atoms in total. The zero-order valence-corrected chi connectivity index (χ0v) is 42.3. The number of para-hydroxylation sites is 1. The molecule has 4 aromatic carbocycles. The van der Waals surface area contributed by atoms with E-state index < -0.39 is 8.32 Å². The van der Waals surface area contributed by atoms with Gasteiger partial charge in [0.25, 0.3) is 0 Å². The lowest BCUT2D eigenvalue weighted by Crippen LogP contribution is -2.44. The molecule has 5 aromatic rings. The molecular weight excluding hydrogens is 883 g/mol. The van der Waals surface area contributed by atoms with E-state index in [1.54, 1.807) is 12.1 Å². The monoisotopic (exact) mass is 956 g/mol. The van der Waals surface area contributed by atoms with Gasteiger partial charge in [-0.2, -0.15) is 0 Å². The number of benzene rings is 4. The quantitative estimate of drug-likeness (QED) is 0.0394. The molecule has 3 aliphatic rings. The number of nitrogens with zero attached hydrogens (tertiary/aromatic N) is 2. The third-order valence-corrected chi connectivity index (χ3v) is 19.4. The third-order valence-electron chi connectivity index (χ3n) is 15.0. The van der Waals surface area contributed by atoms with Crippen LogP contribution in [-0.4, -0.2) is 105 Å². The van der Waals surface area contributed by atoms with Gasteiger partial charge in [0.1, 0.15) is 11.9 Å². The van der Waals surface area contributed by atoms with Crippen molar-refractivity contribution in [1.82, 2.24) is 20.1 Å². The van der Waals surface area contributed by atoms with E-state index in [-0.39, 0.29) is 40.6 Å². The number of fused-ring (bicyclic) bond motifs is 2. The van der Waals surface area contributed by atoms with Gasteiger partial charge in [0.05, 0.1) is 36.9 Å². The van der Waals surface area contributed by atoms with Crippen LogP contribution in [0.2, 0.25) is 18.1 Å².